The van der Waals surface area contributed by atoms with Gasteiger partial charge in [0.25, 0.3) is 5.69 Å². The average molecular weight is 329 g/mol. The Morgan fingerprint density at radius 3 is 2.42 bits per heavy atom. The van der Waals surface area contributed by atoms with Gasteiger partial charge in [0.2, 0.25) is 0 Å². The highest BCUT2D eigenvalue weighted by molar-refractivity contribution is 9.10. The molecule has 1 aromatic carbocycles. The van der Waals surface area contributed by atoms with Crippen LogP contribution in [0.15, 0.2) is 16.6 Å². The summed E-state index contributed by atoms with van der Waals surface area (Å²) in [5.74, 6) is 0.599. The summed E-state index contributed by atoms with van der Waals surface area (Å²) < 4.78 is 0.739. The highest BCUT2D eigenvalue weighted by Crippen LogP contribution is 2.32. The number of hydrogen-bond acceptors (Lipinski definition) is 3. The van der Waals surface area contributed by atoms with Crippen molar-refractivity contribution in [3.05, 3.63) is 32.3 Å². The summed E-state index contributed by atoms with van der Waals surface area (Å²) in [6.45, 7) is 8.28. The predicted octanol–water partition coefficient (Wildman–Crippen LogP) is 4.90. The summed E-state index contributed by atoms with van der Waals surface area (Å²) in [5, 5.41) is 14.3. The average Bonchev–Trinajstić information content (AvgIpc) is 2.34. The van der Waals surface area contributed by atoms with Gasteiger partial charge >= 0.3 is 0 Å². The van der Waals surface area contributed by atoms with Crippen LogP contribution >= 0.6 is 15.9 Å². The number of hydrogen-bond donors (Lipinski definition) is 1. The van der Waals surface area contributed by atoms with E-state index in [0.29, 0.717) is 17.5 Å². The maximum absolute atomic E-state index is 10.9. The van der Waals surface area contributed by atoms with E-state index in [-0.39, 0.29) is 10.6 Å². The first kappa shape index (κ1) is 16.0. The summed E-state index contributed by atoms with van der Waals surface area (Å²) >= 11 is 3.40. The van der Waals surface area contributed by atoms with Crippen molar-refractivity contribution in [2.45, 2.75) is 46.6 Å². The van der Waals surface area contributed by atoms with Crippen LogP contribution in [-0.4, -0.2) is 11.0 Å². The van der Waals surface area contributed by atoms with Gasteiger partial charge in [-0.1, -0.05) is 26.7 Å². The fourth-order valence-electron chi connectivity index (χ4n) is 2.34. The fraction of sp³-hybridized carbons (Fsp3) is 0.571. The van der Waals surface area contributed by atoms with E-state index in [1.165, 1.54) is 0 Å². The zero-order valence-corrected chi connectivity index (χ0v) is 13.5. The Bertz CT molecular complexity index is 459. The minimum absolute atomic E-state index is 0.146. The third-order valence-corrected chi connectivity index (χ3v) is 4.28. The third kappa shape index (κ3) is 3.93. The van der Waals surface area contributed by atoms with Crippen molar-refractivity contribution in [3.8, 4) is 0 Å². The Balaban J connectivity index is 2.97. The molecule has 106 valence electrons. The second-order valence-electron chi connectivity index (χ2n) is 4.89. The van der Waals surface area contributed by atoms with Gasteiger partial charge in [0.1, 0.15) is 0 Å². The van der Waals surface area contributed by atoms with Crippen LogP contribution in [0.25, 0.3) is 0 Å². The number of benzene rings is 1. The smallest absolute Gasteiger partial charge is 0.273 e. The van der Waals surface area contributed by atoms with Crippen LogP contribution in [0, 0.1) is 23.0 Å². The molecule has 1 N–H and O–H groups in total. The summed E-state index contributed by atoms with van der Waals surface area (Å²) in [5.41, 5.74) is 1.74. The Hall–Kier alpha value is -1.10. The van der Waals surface area contributed by atoms with E-state index in [1.807, 2.05) is 6.07 Å². The number of nitro groups is 1. The SMILES string of the molecule is CCC(CC)C(C)Nc1cc(C)c([N+](=O)[O-])cc1Br. The lowest BCUT2D eigenvalue weighted by atomic mass is 9.95. The molecule has 19 heavy (non-hydrogen) atoms. The number of nitrogens with one attached hydrogen (secondary N) is 1. The van der Waals surface area contributed by atoms with Crippen molar-refractivity contribution < 1.29 is 4.92 Å². The molecule has 0 saturated heterocycles. The maximum Gasteiger partial charge on any atom is 0.273 e. The van der Waals surface area contributed by atoms with E-state index in [4.69, 9.17) is 0 Å². The summed E-state index contributed by atoms with van der Waals surface area (Å²) in [7, 11) is 0. The van der Waals surface area contributed by atoms with E-state index < -0.39 is 0 Å². The molecule has 0 aliphatic rings. The molecule has 0 aromatic heterocycles. The molecule has 0 saturated carbocycles. The van der Waals surface area contributed by atoms with Crippen molar-refractivity contribution in [3.63, 3.8) is 0 Å². The molecular weight excluding hydrogens is 308 g/mol. The molecule has 0 amide bonds. The molecule has 4 nitrogen and oxygen atoms in total. The number of aryl methyl sites for hydroxylation is 1. The van der Waals surface area contributed by atoms with Gasteiger partial charge < -0.3 is 5.32 Å². The summed E-state index contributed by atoms with van der Waals surface area (Å²) in [6.07, 6.45) is 2.24. The summed E-state index contributed by atoms with van der Waals surface area (Å²) in [6, 6.07) is 3.74. The van der Waals surface area contributed by atoms with Gasteiger partial charge in [-0.05, 0) is 41.8 Å². The monoisotopic (exact) mass is 328 g/mol. The quantitative estimate of drug-likeness (QED) is 0.596. The van der Waals surface area contributed by atoms with Crippen LogP contribution in [0.2, 0.25) is 0 Å². The van der Waals surface area contributed by atoms with Crippen LogP contribution in [0.3, 0.4) is 0 Å². The Labute approximate surface area is 122 Å². The van der Waals surface area contributed by atoms with Crippen molar-refractivity contribution in [1.82, 2.24) is 0 Å². The molecular formula is C14H21BrN2O2. The second-order valence-corrected chi connectivity index (χ2v) is 5.74. The molecule has 1 unspecified atom stereocenters. The molecule has 0 spiro atoms. The standard InChI is InChI=1S/C14H21BrN2O2/c1-5-11(6-2)10(4)16-13-7-9(3)14(17(18)19)8-12(13)15/h7-8,10-11,16H,5-6H2,1-4H3. The molecule has 0 aliphatic carbocycles. The van der Waals surface area contributed by atoms with Gasteiger partial charge in [-0.15, -0.1) is 0 Å². The Morgan fingerprint density at radius 2 is 1.95 bits per heavy atom. The lowest BCUT2D eigenvalue weighted by Gasteiger charge is -2.24. The van der Waals surface area contributed by atoms with Gasteiger partial charge in [0, 0.05) is 27.8 Å². The second kappa shape index (κ2) is 6.89. The van der Waals surface area contributed by atoms with Crippen LogP contribution in [-0.2, 0) is 0 Å². The highest BCUT2D eigenvalue weighted by atomic mass is 79.9. The van der Waals surface area contributed by atoms with Crippen molar-refractivity contribution in [2.75, 3.05) is 5.32 Å². The molecule has 0 heterocycles. The lowest BCUT2D eigenvalue weighted by Crippen LogP contribution is -2.25. The normalized spacial score (nSPS) is 12.5. The first-order chi connectivity index (χ1) is 8.90. The molecule has 0 fully saturated rings. The predicted molar refractivity (Wildman–Crippen MR) is 82.7 cm³/mol. The third-order valence-electron chi connectivity index (χ3n) is 3.62. The first-order valence-corrected chi connectivity index (χ1v) is 7.41. The molecule has 0 radical (unpaired) electrons. The van der Waals surface area contributed by atoms with E-state index >= 15 is 0 Å². The number of anilines is 1. The molecule has 5 heteroatoms. The van der Waals surface area contributed by atoms with Crippen LogP contribution in [0.1, 0.15) is 39.2 Å². The molecule has 1 atom stereocenters. The van der Waals surface area contributed by atoms with Gasteiger partial charge in [-0.3, -0.25) is 10.1 Å². The van der Waals surface area contributed by atoms with Gasteiger partial charge in [-0.2, -0.15) is 0 Å². The highest BCUT2D eigenvalue weighted by Gasteiger charge is 2.18. The van der Waals surface area contributed by atoms with Crippen molar-refractivity contribution >= 4 is 27.3 Å². The van der Waals surface area contributed by atoms with E-state index in [9.17, 15) is 10.1 Å². The summed E-state index contributed by atoms with van der Waals surface area (Å²) in [4.78, 5) is 10.5. The van der Waals surface area contributed by atoms with Crippen LogP contribution in [0.5, 0.6) is 0 Å². The van der Waals surface area contributed by atoms with Gasteiger partial charge in [-0.25, -0.2) is 0 Å². The molecule has 1 aromatic rings. The Kier molecular flexibility index (Phi) is 5.79. The van der Waals surface area contributed by atoms with Crippen molar-refractivity contribution in [2.24, 2.45) is 5.92 Å². The van der Waals surface area contributed by atoms with E-state index in [2.05, 4.69) is 42.0 Å². The zero-order valence-electron chi connectivity index (χ0n) is 11.9. The van der Waals surface area contributed by atoms with Crippen LogP contribution < -0.4 is 5.32 Å². The number of nitrogens with zero attached hydrogens (tertiary/aromatic N) is 1. The number of halogens is 1. The number of rotatable bonds is 6. The fourth-order valence-corrected chi connectivity index (χ4v) is 2.78. The molecule has 0 aliphatic heterocycles. The molecule has 1 rings (SSSR count). The van der Waals surface area contributed by atoms with Gasteiger partial charge in [0.05, 0.1) is 4.92 Å². The Morgan fingerprint density at radius 1 is 1.37 bits per heavy atom. The lowest BCUT2D eigenvalue weighted by molar-refractivity contribution is -0.385. The van der Waals surface area contributed by atoms with E-state index in [1.54, 1.807) is 13.0 Å². The zero-order chi connectivity index (χ0) is 14.6. The minimum atomic E-state index is -0.353. The topological polar surface area (TPSA) is 55.2 Å². The first-order valence-electron chi connectivity index (χ1n) is 6.61. The molecule has 0 bridgehead atoms. The van der Waals surface area contributed by atoms with Gasteiger partial charge in [0.15, 0.2) is 0 Å². The number of nitro benzene ring substituents is 1. The van der Waals surface area contributed by atoms with Crippen molar-refractivity contribution in [1.29, 1.82) is 0 Å². The van der Waals surface area contributed by atoms with E-state index in [0.717, 1.165) is 23.0 Å². The van der Waals surface area contributed by atoms with Crippen LogP contribution in [0.4, 0.5) is 11.4 Å². The minimum Gasteiger partial charge on any atom is -0.381 e. The largest absolute Gasteiger partial charge is 0.381 e. The maximum atomic E-state index is 10.9.